The van der Waals surface area contributed by atoms with E-state index in [2.05, 4.69) is 0 Å². The average Bonchev–Trinajstić information content (AvgIpc) is 0. The molecule has 0 unspecified atom stereocenters. The number of hydrogen-bond acceptors (Lipinski definition) is 0. The first-order valence-corrected chi connectivity index (χ1v) is 0. The van der Waals surface area contributed by atoms with E-state index in [1.807, 2.05) is 0 Å². The quantitative estimate of drug-likeness (QED) is 0.276. The monoisotopic (exact) mass is 103 g/mol. The Balaban J connectivity index is 0. The van der Waals surface area contributed by atoms with Gasteiger partial charge in [-0.05, 0) is 0 Å². The third kappa shape index (κ3) is 8.94. The van der Waals surface area contributed by atoms with Crippen LogP contribution in [0.2, 0.25) is 0 Å². The van der Waals surface area contributed by atoms with Gasteiger partial charge in [0.1, 0.15) is 0 Å². The molecule has 0 aliphatic carbocycles. The van der Waals surface area contributed by atoms with Crippen LogP contribution in [0.25, 0.3) is 0 Å². The molecule has 0 fully saturated rings. The second-order valence-electron chi connectivity index (χ2n) is 0. The van der Waals surface area contributed by atoms with E-state index in [1.165, 1.54) is 0 Å². The molecule has 0 aliphatic heterocycles. The first-order valence-electron chi connectivity index (χ1n) is 0. The van der Waals surface area contributed by atoms with Crippen molar-refractivity contribution in [2.45, 2.75) is 0 Å². The van der Waals surface area contributed by atoms with Gasteiger partial charge in [0.05, 0.1) is 0 Å². The first-order chi connectivity index (χ1) is 0. The Morgan fingerprint density at radius 2 is 1.00 bits per heavy atom. The van der Waals surface area contributed by atoms with Gasteiger partial charge in [0.2, 0.25) is 0 Å². The molecule has 0 aliphatic rings. The van der Waals surface area contributed by atoms with Crippen LogP contribution < -0.4 is 51.4 Å². The molecule has 0 bridgehead atoms. The van der Waals surface area contributed by atoms with Gasteiger partial charge in [-0.1, -0.05) is 0 Å². The van der Waals surface area contributed by atoms with Crippen LogP contribution in [0.15, 0.2) is 0 Å². The predicted molar refractivity (Wildman–Crippen MR) is 14.1 cm³/mol. The molecular weight excluding hydrogens is 98.1 g/mol. The van der Waals surface area contributed by atoms with Gasteiger partial charge in [0.25, 0.3) is 0 Å². The Hall–Kier alpha value is 2.09. The van der Waals surface area contributed by atoms with Crippen LogP contribution in [0.4, 0.5) is 0 Å². The minimum atomic E-state index is 0. The zero-order valence-electron chi connectivity index (χ0n) is 3.58. The maximum atomic E-state index is 0. The van der Waals surface area contributed by atoms with Crippen LogP contribution in [0, 0.1) is 0 Å². The molecule has 0 amide bonds. The topological polar surface area (TPSA) is 63.0 Å². The van der Waals surface area contributed by atoms with Gasteiger partial charge < -0.3 is 12.4 Å². The van der Waals surface area contributed by atoms with Crippen LogP contribution >= 0.6 is 0 Å². The summed E-state index contributed by atoms with van der Waals surface area (Å²) in [6, 6.07) is 0. The molecule has 0 rings (SSSR count). The zero-order valence-corrected chi connectivity index (χ0v) is 6.86. The summed E-state index contributed by atoms with van der Waals surface area (Å²) >= 11 is 0. The normalized spacial score (nSPS) is 0. The van der Waals surface area contributed by atoms with E-state index in [0.29, 0.717) is 0 Å². The van der Waals surface area contributed by atoms with Crippen molar-refractivity contribution in [2.75, 3.05) is 0 Å². The molecule has 4 N–H and O–H groups in total. The molecule has 4 heavy (non-hydrogen) atoms. The Labute approximate surface area is 79.6 Å². The van der Waals surface area contributed by atoms with Gasteiger partial charge in [-0.15, -0.1) is 0 Å². The predicted octanol–water partition coefficient (Wildman–Crippen LogP) is -4.91. The summed E-state index contributed by atoms with van der Waals surface area (Å²) in [6.45, 7) is 0. The van der Waals surface area contributed by atoms with E-state index < -0.39 is 0 Å². The van der Waals surface area contributed by atoms with Gasteiger partial charge in [-0.2, -0.15) is 0 Å². The van der Waals surface area contributed by atoms with Crippen molar-refractivity contribution in [3.63, 3.8) is 0 Å². The summed E-state index contributed by atoms with van der Waals surface area (Å²) < 4.78 is 0. The van der Waals surface area contributed by atoms with Gasteiger partial charge in [0.15, 0.2) is 0 Å². The van der Waals surface area contributed by atoms with Crippen molar-refractivity contribution in [3.8, 4) is 0 Å². The molecule has 3 radical (unpaired) electrons. The van der Waals surface area contributed by atoms with E-state index in [-0.39, 0.29) is 81.1 Å². The fourth-order valence-electron chi connectivity index (χ4n) is 0. The van der Waals surface area contributed by atoms with Crippen molar-refractivity contribution in [1.82, 2.24) is 0 Å². The van der Waals surface area contributed by atoms with Crippen LogP contribution in [-0.2, 0) is 0 Å². The van der Waals surface area contributed by atoms with Gasteiger partial charge in [-0.25, -0.2) is 0 Å². The van der Waals surface area contributed by atoms with E-state index >= 15 is 0 Å². The summed E-state index contributed by atoms with van der Waals surface area (Å²) in [4.78, 5) is 0. The zero-order chi connectivity index (χ0) is 0. The van der Waals surface area contributed by atoms with Crippen molar-refractivity contribution >= 4 is 17.4 Å². The number of hydrogen-bond donors (Lipinski definition) is 0. The van der Waals surface area contributed by atoms with Crippen LogP contribution in [0.1, 0.15) is 1.43 Å². The van der Waals surface area contributed by atoms with Crippen molar-refractivity contribution in [2.24, 2.45) is 0 Å². The standard InChI is InChI=1S/Al.K.2H2O.H/h;;2*1H2;/q;+1;;;-1. The van der Waals surface area contributed by atoms with E-state index in [4.69, 9.17) is 0 Å². The van der Waals surface area contributed by atoms with Crippen molar-refractivity contribution in [3.05, 3.63) is 0 Å². The van der Waals surface area contributed by atoms with Crippen LogP contribution in [0.5, 0.6) is 0 Å². The number of rotatable bonds is 0. The molecule has 4 heteroatoms. The van der Waals surface area contributed by atoms with Crippen molar-refractivity contribution in [1.29, 1.82) is 0 Å². The Morgan fingerprint density at radius 3 is 1.00 bits per heavy atom. The van der Waals surface area contributed by atoms with E-state index in [1.54, 1.807) is 0 Å². The molecule has 0 aromatic heterocycles. The van der Waals surface area contributed by atoms with Crippen molar-refractivity contribution < 1.29 is 63.8 Å². The molecular formula is H5AlKO2. The fourth-order valence-corrected chi connectivity index (χ4v) is 0. The molecule has 0 spiro atoms. The Morgan fingerprint density at radius 1 is 1.00 bits per heavy atom. The summed E-state index contributed by atoms with van der Waals surface area (Å²) in [7, 11) is 0. The Bertz CT molecular complexity index is 9.61. The molecule has 0 saturated carbocycles. The molecule has 2 nitrogen and oxygen atoms in total. The minimum absolute atomic E-state index is 0. The maximum absolute atomic E-state index is 0. The minimum Gasteiger partial charge on any atom is -1.00 e. The largest absolute Gasteiger partial charge is 1.00 e. The summed E-state index contributed by atoms with van der Waals surface area (Å²) in [6.07, 6.45) is 0. The third-order valence-corrected chi connectivity index (χ3v) is 0. The molecule has 0 aromatic carbocycles. The second kappa shape index (κ2) is 19.5. The first kappa shape index (κ1) is 36.1. The third-order valence-electron chi connectivity index (χ3n) is 0. The maximum Gasteiger partial charge on any atom is 1.00 e. The smallest absolute Gasteiger partial charge is 1.00 e. The average molecular weight is 103 g/mol. The molecule has 0 atom stereocenters. The fraction of sp³-hybridized carbons (Fsp3) is 0. The summed E-state index contributed by atoms with van der Waals surface area (Å²) in [5.74, 6) is 0. The molecule has 21 valence electrons. The SMILES string of the molecule is O.O.[Al].[H-].[K+]. The van der Waals surface area contributed by atoms with Gasteiger partial charge in [-0.3, -0.25) is 0 Å². The van der Waals surface area contributed by atoms with E-state index in [0.717, 1.165) is 0 Å². The molecule has 0 heterocycles. The summed E-state index contributed by atoms with van der Waals surface area (Å²) in [5, 5.41) is 0. The summed E-state index contributed by atoms with van der Waals surface area (Å²) in [5.41, 5.74) is 0. The second-order valence-corrected chi connectivity index (χ2v) is 0. The van der Waals surface area contributed by atoms with E-state index in [9.17, 15) is 0 Å². The van der Waals surface area contributed by atoms with Crippen LogP contribution in [-0.4, -0.2) is 28.3 Å². The molecule has 0 aromatic rings. The Kier molecular flexibility index (Phi) is 176. The van der Waals surface area contributed by atoms with Crippen LogP contribution in [0.3, 0.4) is 0 Å². The molecule has 0 saturated heterocycles. The van der Waals surface area contributed by atoms with Gasteiger partial charge >= 0.3 is 51.4 Å². The van der Waals surface area contributed by atoms with Gasteiger partial charge in [0, 0.05) is 17.4 Å².